The zero-order valence-electron chi connectivity index (χ0n) is 25.7. The van der Waals surface area contributed by atoms with Gasteiger partial charge in [0, 0.05) is 5.25 Å². The second-order valence-electron chi connectivity index (χ2n) is 11.5. The minimum atomic E-state index is -1.29. The van der Waals surface area contributed by atoms with E-state index in [9.17, 15) is 5.11 Å². The van der Waals surface area contributed by atoms with Crippen LogP contribution in [0.3, 0.4) is 0 Å². The number of ether oxygens (including phenoxy) is 3. The molecular weight excluding hydrogens is 552 g/mol. The molecule has 0 saturated carbocycles. The lowest BCUT2D eigenvalue weighted by Crippen LogP contribution is -2.57. The first kappa shape index (κ1) is 31.3. The quantitative estimate of drug-likeness (QED) is 0.178. The number of aliphatic hydroxyl groups is 1. The van der Waals surface area contributed by atoms with Crippen LogP contribution in [0.1, 0.15) is 60.6 Å². The van der Waals surface area contributed by atoms with Crippen molar-refractivity contribution in [3.05, 3.63) is 137 Å². The highest BCUT2D eigenvalue weighted by molar-refractivity contribution is 8.00. The van der Waals surface area contributed by atoms with Crippen molar-refractivity contribution in [2.24, 2.45) is 5.92 Å². The predicted molar refractivity (Wildman–Crippen MR) is 176 cm³/mol. The van der Waals surface area contributed by atoms with Crippen molar-refractivity contribution in [3.63, 3.8) is 0 Å². The molecular formula is C38H44O4S. The van der Waals surface area contributed by atoms with Gasteiger partial charge in [-0.2, -0.15) is 0 Å². The molecule has 1 N–H and O–H groups in total. The van der Waals surface area contributed by atoms with Crippen molar-refractivity contribution in [2.75, 3.05) is 6.61 Å². The van der Waals surface area contributed by atoms with E-state index >= 15 is 0 Å². The molecule has 1 aliphatic heterocycles. The SMILES string of the molecule is CCOc1ccc(Cc2ccc(C)c(C3(O)S[C@H](CC)[C@@H](C)[C@H](OCc4ccccc4)[C@H]3OCc3ccccc3)c2)cc1. The van der Waals surface area contributed by atoms with Gasteiger partial charge < -0.3 is 19.3 Å². The first-order chi connectivity index (χ1) is 20.9. The average molecular weight is 597 g/mol. The maximum absolute atomic E-state index is 12.9. The Labute approximate surface area is 261 Å². The Hall–Kier alpha value is -3.09. The van der Waals surface area contributed by atoms with Crippen LogP contribution in [-0.2, 0) is 34.0 Å². The van der Waals surface area contributed by atoms with E-state index in [1.807, 2.05) is 55.5 Å². The molecule has 5 atom stereocenters. The van der Waals surface area contributed by atoms with Crippen LogP contribution in [0.15, 0.2) is 103 Å². The lowest BCUT2D eigenvalue weighted by Gasteiger charge is -2.50. The number of rotatable bonds is 12. The van der Waals surface area contributed by atoms with Gasteiger partial charge in [-0.25, -0.2) is 0 Å². The van der Waals surface area contributed by atoms with Crippen molar-refractivity contribution < 1.29 is 19.3 Å². The molecule has 1 fully saturated rings. The molecule has 5 rings (SSSR count). The van der Waals surface area contributed by atoms with Crippen molar-refractivity contribution in [2.45, 2.75) is 76.1 Å². The maximum atomic E-state index is 12.9. The third kappa shape index (κ3) is 7.53. The van der Waals surface area contributed by atoms with Gasteiger partial charge in [0.05, 0.1) is 25.9 Å². The molecule has 0 radical (unpaired) electrons. The largest absolute Gasteiger partial charge is 0.494 e. The highest BCUT2D eigenvalue weighted by atomic mass is 32.2. The van der Waals surface area contributed by atoms with E-state index in [2.05, 4.69) is 75.4 Å². The fourth-order valence-electron chi connectivity index (χ4n) is 6.03. The van der Waals surface area contributed by atoms with Crippen molar-refractivity contribution in [1.29, 1.82) is 0 Å². The molecule has 0 amide bonds. The van der Waals surface area contributed by atoms with Crippen LogP contribution in [0.5, 0.6) is 5.75 Å². The van der Waals surface area contributed by atoms with Gasteiger partial charge in [0.25, 0.3) is 0 Å². The van der Waals surface area contributed by atoms with Gasteiger partial charge in [-0.1, -0.05) is 105 Å². The molecule has 4 nitrogen and oxygen atoms in total. The van der Waals surface area contributed by atoms with Crippen molar-refractivity contribution in [1.82, 2.24) is 0 Å². The highest BCUT2D eigenvalue weighted by Crippen LogP contribution is 2.53. The lowest BCUT2D eigenvalue weighted by molar-refractivity contribution is -0.168. The Kier molecular flexibility index (Phi) is 10.6. The molecule has 0 aliphatic carbocycles. The van der Waals surface area contributed by atoms with E-state index in [4.69, 9.17) is 14.2 Å². The van der Waals surface area contributed by atoms with E-state index in [1.165, 1.54) is 5.56 Å². The van der Waals surface area contributed by atoms with Crippen molar-refractivity contribution >= 4 is 11.8 Å². The number of thioether (sulfide) groups is 1. The van der Waals surface area contributed by atoms with Crippen LogP contribution in [0, 0.1) is 12.8 Å². The van der Waals surface area contributed by atoms with Crippen LogP contribution in [0.2, 0.25) is 0 Å². The Morgan fingerprint density at radius 1 is 0.744 bits per heavy atom. The van der Waals surface area contributed by atoms with Crippen LogP contribution in [0.25, 0.3) is 0 Å². The fraction of sp³-hybridized carbons (Fsp3) is 0.368. The predicted octanol–water partition coefficient (Wildman–Crippen LogP) is 8.46. The molecule has 4 aromatic carbocycles. The highest BCUT2D eigenvalue weighted by Gasteiger charge is 2.54. The molecule has 1 aliphatic rings. The van der Waals surface area contributed by atoms with E-state index in [1.54, 1.807) is 11.8 Å². The normalized spacial score (nSPS) is 23.7. The van der Waals surface area contributed by atoms with Gasteiger partial charge in [0.2, 0.25) is 0 Å². The number of hydrogen-bond donors (Lipinski definition) is 1. The first-order valence-corrected chi connectivity index (χ1v) is 16.3. The minimum Gasteiger partial charge on any atom is -0.494 e. The summed E-state index contributed by atoms with van der Waals surface area (Å²) in [5.74, 6) is 1.07. The van der Waals surface area contributed by atoms with Crippen LogP contribution in [0.4, 0.5) is 0 Å². The summed E-state index contributed by atoms with van der Waals surface area (Å²) in [6.45, 7) is 10.0. The van der Waals surface area contributed by atoms with Gasteiger partial charge in [-0.15, -0.1) is 11.8 Å². The van der Waals surface area contributed by atoms with Gasteiger partial charge in [0.1, 0.15) is 11.9 Å². The zero-order chi connectivity index (χ0) is 30.2. The average Bonchev–Trinajstić information content (AvgIpc) is 3.03. The summed E-state index contributed by atoms with van der Waals surface area (Å²) in [4.78, 5) is -1.29. The molecule has 0 aromatic heterocycles. The van der Waals surface area contributed by atoms with Gasteiger partial charge >= 0.3 is 0 Å². The maximum Gasteiger partial charge on any atom is 0.165 e. The molecule has 0 bridgehead atoms. The third-order valence-corrected chi connectivity index (χ3v) is 10.3. The van der Waals surface area contributed by atoms with Gasteiger partial charge in [0.15, 0.2) is 4.93 Å². The third-order valence-electron chi connectivity index (χ3n) is 8.41. The molecule has 1 heterocycles. The van der Waals surface area contributed by atoms with Crippen molar-refractivity contribution in [3.8, 4) is 5.75 Å². The smallest absolute Gasteiger partial charge is 0.165 e. The molecule has 5 heteroatoms. The molecule has 43 heavy (non-hydrogen) atoms. The Bertz CT molecular complexity index is 1430. The van der Waals surface area contributed by atoms with E-state index in [-0.39, 0.29) is 17.3 Å². The van der Waals surface area contributed by atoms with Crippen LogP contribution >= 0.6 is 11.8 Å². The summed E-state index contributed by atoms with van der Waals surface area (Å²) in [5, 5.41) is 13.1. The first-order valence-electron chi connectivity index (χ1n) is 15.4. The molecule has 0 spiro atoms. The minimum absolute atomic E-state index is 0.187. The van der Waals surface area contributed by atoms with E-state index in [0.29, 0.717) is 19.8 Å². The van der Waals surface area contributed by atoms with E-state index < -0.39 is 11.0 Å². The summed E-state index contributed by atoms with van der Waals surface area (Å²) in [7, 11) is 0. The summed E-state index contributed by atoms with van der Waals surface area (Å²) >= 11 is 1.63. The number of aryl methyl sites for hydroxylation is 1. The summed E-state index contributed by atoms with van der Waals surface area (Å²) in [6, 6.07) is 35.2. The Morgan fingerprint density at radius 3 is 1.95 bits per heavy atom. The van der Waals surface area contributed by atoms with E-state index in [0.717, 1.165) is 46.4 Å². The zero-order valence-corrected chi connectivity index (χ0v) is 26.6. The summed E-state index contributed by atoms with van der Waals surface area (Å²) in [5.41, 5.74) is 6.47. The van der Waals surface area contributed by atoms with Crippen LogP contribution in [-0.4, -0.2) is 29.2 Å². The Balaban J connectivity index is 1.49. The second-order valence-corrected chi connectivity index (χ2v) is 13.0. The summed E-state index contributed by atoms with van der Waals surface area (Å²) < 4.78 is 19.1. The van der Waals surface area contributed by atoms with Crippen LogP contribution < -0.4 is 4.74 Å². The molecule has 226 valence electrons. The number of benzene rings is 4. The number of hydrogen-bond acceptors (Lipinski definition) is 5. The lowest BCUT2D eigenvalue weighted by atomic mass is 9.86. The molecule has 4 aromatic rings. The molecule has 1 saturated heterocycles. The fourth-order valence-corrected chi connectivity index (χ4v) is 7.71. The monoisotopic (exact) mass is 596 g/mol. The second kappa shape index (κ2) is 14.6. The van der Waals surface area contributed by atoms with Gasteiger partial charge in [-0.05, 0) is 78.1 Å². The Morgan fingerprint density at radius 2 is 1.35 bits per heavy atom. The summed E-state index contributed by atoms with van der Waals surface area (Å²) in [6.07, 6.45) is 0.820. The standard InChI is InChI=1S/C38H44O4S/c1-5-35-28(4)36(41-25-30-13-9-7-10-14-30)37(42-26-31-15-11-8-12-16-31)38(39,43-35)34-24-32(18-17-27(34)3)23-29-19-21-33(22-20-29)40-6-2/h7-22,24,28,35-37,39H,5-6,23,25-26H2,1-4H3/t28-,35-,36+,37-,38?/m1/s1. The van der Waals surface area contributed by atoms with Gasteiger partial charge in [-0.3, -0.25) is 0 Å². The topological polar surface area (TPSA) is 47.9 Å². The molecule has 1 unspecified atom stereocenters.